The molecule has 2 heterocycles. The summed E-state index contributed by atoms with van der Waals surface area (Å²) < 4.78 is 0. The van der Waals surface area contributed by atoms with Crippen molar-refractivity contribution in [2.45, 2.75) is 57.3 Å². The van der Waals surface area contributed by atoms with Crippen molar-refractivity contribution in [1.29, 1.82) is 0 Å². The molecule has 0 aliphatic heterocycles. The van der Waals surface area contributed by atoms with Gasteiger partial charge in [0.15, 0.2) is 0 Å². The third kappa shape index (κ3) is 7.61. The van der Waals surface area contributed by atoms with Gasteiger partial charge in [-0.05, 0) is 29.2 Å². The Hall–Kier alpha value is -5.17. The maximum atomic E-state index is 13.9. The maximum absolute atomic E-state index is 13.9. The molecule has 10 N–H and O–H groups in total. The van der Waals surface area contributed by atoms with Crippen molar-refractivity contribution < 1.29 is 29.1 Å². The van der Waals surface area contributed by atoms with Gasteiger partial charge < -0.3 is 42.5 Å². The molecule has 2 aromatic carbocycles. The van der Waals surface area contributed by atoms with E-state index in [9.17, 15) is 29.1 Å². The summed E-state index contributed by atoms with van der Waals surface area (Å²) in [5.74, 6) is -4.59. The number of nitrogens with two attached hydrogens (primary N) is 2. The smallest absolute Gasteiger partial charge is 0.326 e. The largest absolute Gasteiger partial charge is 0.480 e. The molecule has 13 heteroatoms. The van der Waals surface area contributed by atoms with Crippen molar-refractivity contribution in [3.63, 3.8) is 0 Å². The van der Waals surface area contributed by atoms with Crippen LogP contribution >= 0.6 is 0 Å². The Morgan fingerprint density at radius 3 is 1.66 bits per heavy atom. The minimum Gasteiger partial charge on any atom is -0.480 e. The van der Waals surface area contributed by atoms with Crippen LogP contribution < -0.4 is 27.4 Å². The number of nitrogens with one attached hydrogen (secondary N) is 5. The molecule has 0 spiro atoms. The Balaban J connectivity index is 1.65. The van der Waals surface area contributed by atoms with Crippen LogP contribution in [0.15, 0.2) is 60.9 Å². The summed E-state index contributed by atoms with van der Waals surface area (Å²) in [6, 6.07) is 9.95. The highest BCUT2D eigenvalue weighted by atomic mass is 16.4. The minimum atomic E-state index is -1.29. The number of primary amides is 1. The fourth-order valence-corrected chi connectivity index (χ4v) is 5.09. The SMILES string of the molecule is CC(C)C(NC(=O)C(Cc1c[nH]c2ccccc12)NC(=O)C(Cc1c[nH]c2ccccc12)NC(=O)C(N)CC(N)=O)C(=O)O. The zero-order valence-electron chi connectivity index (χ0n) is 24.4. The molecule has 2 aromatic heterocycles. The molecule has 0 fully saturated rings. The van der Waals surface area contributed by atoms with Crippen LogP contribution in [0.5, 0.6) is 0 Å². The third-order valence-corrected chi connectivity index (χ3v) is 7.45. The second-order valence-corrected chi connectivity index (χ2v) is 11.1. The van der Waals surface area contributed by atoms with Crippen LogP contribution in [0.4, 0.5) is 0 Å². The molecule has 232 valence electrons. The highest BCUT2D eigenvalue weighted by molar-refractivity contribution is 5.96. The number of para-hydroxylation sites is 2. The van der Waals surface area contributed by atoms with Gasteiger partial charge in [-0.15, -0.1) is 0 Å². The Bertz CT molecular complexity index is 1680. The van der Waals surface area contributed by atoms with Crippen molar-refractivity contribution in [3.8, 4) is 0 Å². The molecule has 4 amide bonds. The van der Waals surface area contributed by atoms with E-state index < -0.39 is 66.1 Å². The van der Waals surface area contributed by atoms with Crippen LogP contribution in [-0.2, 0) is 36.8 Å². The molecule has 0 bridgehead atoms. The molecule has 0 saturated heterocycles. The lowest BCUT2D eigenvalue weighted by atomic mass is 10.00. The van der Waals surface area contributed by atoms with E-state index in [2.05, 4.69) is 25.9 Å². The quantitative estimate of drug-likeness (QED) is 0.103. The lowest BCUT2D eigenvalue weighted by molar-refractivity contribution is -0.143. The predicted octanol–water partition coefficient (Wildman–Crippen LogP) is 0.832. The van der Waals surface area contributed by atoms with Gasteiger partial charge in [-0.25, -0.2) is 4.79 Å². The molecule has 0 aliphatic carbocycles. The molecule has 0 aliphatic rings. The minimum absolute atomic E-state index is 0.0239. The van der Waals surface area contributed by atoms with E-state index in [1.165, 1.54) is 0 Å². The standard InChI is InChI=1S/C31H37N7O6/c1-16(2)27(31(43)44)38-30(42)25(12-18-15-35-23-10-6-4-8-20(18)23)37-29(41)24(36-28(40)21(32)13-26(33)39)11-17-14-34-22-9-5-3-7-19(17)22/h3-10,14-16,21,24-25,27,34-35H,11-13,32H2,1-2H3,(H2,33,39)(H,36,40)(H,37,41)(H,38,42)(H,43,44). The van der Waals surface area contributed by atoms with E-state index in [0.29, 0.717) is 5.56 Å². The number of aromatic nitrogens is 2. The van der Waals surface area contributed by atoms with Gasteiger partial charge in [0.05, 0.1) is 12.5 Å². The summed E-state index contributed by atoms with van der Waals surface area (Å²) in [6.45, 7) is 3.32. The number of carbonyl (C=O) groups is 5. The van der Waals surface area contributed by atoms with Crippen LogP contribution in [-0.4, -0.2) is 68.8 Å². The van der Waals surface area contributed by atoms with Crippen molar-refractivity contribution >= 4 is 51.4 Å². The number of hydrogen-bond acceptors (Lipinski definition) is 6. The first-order valence-electron chi connectivity index (χ1n) is 14.2. The van der Waals surface area contributed by atoms with Gasteiger partial charge in [0.2, 0.25) is 23.6 Å². The number of fused-ring (bicyclic) bond motifs is 2. The summed E-state index contributed by atoms with van der Waals surface area (Å²) in [6.07, 6.45) is 3.07. The van der Waals surface area contributed by atoms with Crippen LogP contribution in [0.2, 0.25) is 0 Å². The Morgan fingerprint density at radius 2 is 1.20 bits per heavy atom. The number of carbonyl (C=O) groups excluding carboxylic acids is 4. The van der Waals surface area contributed by atoms with Crippen molar-refractivity contribution in [2.24, 2.45) is 17.4 Å². The number of aromatic amines is 2. The summed E-state index contributed by atoms with van der Waals surface area (Å²) in [5.41, 5.74) is 14.2. The van der Waals surface area contributed by atoms with E-state index in [-0.39, 0.29) is 12.8 Å². The molecule has 44 heavy (non-hydrogen) atoms. The number of hydrogen-bond donors (Lipinski definition) is 8. The highest BCUT2D eigenvalue weighted by Crippen LogP contribution is 2.21. The Morgan fingerprint density at radius 1 is 0.750 bits per heavy atom. The number of benzene rings is 2. The predicted molar refractivity (Wildman–Crippen MR) is 164 cm³/mol. The molecule has 0 radical (unpaired) electrons. The van der Waals surface area contributed by atoms with E-state index in [1.54, 1.807) is 26.2 Å². The molecule has 4 atom stereocenters. The van der Waals surface area contributed by atoms with Crippen LogP contribution in [0.3, 0.4) is 0 Å². The van der Waals surface area contributed by atoms with Gasteiger partial charge in [-0.2, -0.15) is 0 Å². The number of aliphatic carboxylic acids is 1. The molecule has 4 rings (SSSR count). The number of carboxylic acid groups (broad SMARTS) is 1. The van der Waals surface area contributed by atoms with E-state index in [1.807, 2.05) is 48.5 Å². The zero-order chi connectivity index (χ0) is 32.0. The first-order chi connectivity index (χ1) is 20.9. The first kappa shape index (κ1) is 31.8. The average Bonchev–Trinajstić information content (AvgIpc) is 3.58. The lowest BCUT2D eigenvalue weighted by Crippen LogP contribution is -2.58. The van der Waals surface area contributed by atoms with Gasteiger partial charge in [-0.1, -0.05) is 50.2 Å². The zero-order valence-corrected chi connectivity index (χ0v) is 24.4. The molecule has 13 nitrogen and oxygen atoms in total. The summed E-state index contributed by atoms with van der Waals surface area (Å²) in [7, 11) is 0. The number of carboxylic acids is 1. The van der Waals surface area contributed by atoms with Gasteiger partial charge in [0.1, 0.15) is 18.1 Å². The van der Waals surface area contributed by atoms with Crippen LogP contribution in [0.25, 0.3) is 21.8 Å². The van der Waals surface area contributed by atoms with Crippen LogP contribution in [0, 0.1) is 5.92 Å². The molecule has 4 aromatic rings. The Labute approximate surface area is 253 Å². The Kier molecular flexibility index (Phi) is 10.0. The number of amides is 4. The maximum Gasteiger partial charge on any atom is 0.326 e. The average molecular weight is 604 g/mol. The first-order valence-corrected chi connectivity index (χ1v) is 14.2. The van der Waals surface area contributed by atoms with E-state index >= 15 is 0 Å². The number of H-pyrrole nitrogens is 2. The van der Waals surface area contributed by atoms with Gasteiger partial charge in [-0.3, -0.25) is 19.2 Å². The lowest BCUT2D eigenvalue weighted by Gasteiger charge is -2.26. The van der Waals surface area contributed by atoms with Gasteiger partial charge in [0.25, 0.3) is 0 Å². The van der Waals surface area contributed by atoms with E-state index in [4.69, 9.17) is 11.5 Å². The molecular weight excluding hydrogens is 566 g/mol. The summed E-state index contributed by atoms with van der Waals surface area (Å²) in [5, 5.41) is 19.2. The van der Waals surface area contributed by atoms with Crippen molar-refractivity contribution in [3.05, 3.63) is 72.1 Å². The normalized spacial score (nSPS) is 14.1. The molecule has 4 unspecified atom stereocenters. The highest BCUT2D eigenvalue weighted by Gasteiger charge is 2.32. The number of rotatable bonds is 14. The van der Waals surface area contributed by atoms with Gasteiger partial charge in [0, 0.05) is 47.0 Å². The topological polar surface area (TPSA) is 225 Å². The second-order valence-electron chi connectivity index (χ2n) is 11.1. The second kappa shape index (κ2) is 13.9. The van der Waals surface area contributed by atoms with Crippen molar-refractivity contribution in [2.75, 3.05) is 0 Å². The van der Waals surface area contributed by atoms with Crippen molar-refractivity contribution in [1.82, 2.24) is 25.9 Å². The molecular formula is C31H37N7O6. The van der Waals surface area contributed by atoms with E-state index in [0.717, 1.165) is 27.4 Å². The summed E-state index contributed by atoms with van der Waals surface area (Å²) >= 11 is 0. The fourth-order valence-electron chi connectivity index (χ4n) is 5.09. The van der Waals surface area contributed by atoms with Gasteiger partial charge >= 0.3 is 5.97 Å². The molecule has 0 saturated carbocycles. The fraction of sp³-hybridized carbons (Fsp3) is 0.323. The third-order valence-electron chi connectivity index (χ3n) is 7.45. The summed E-state index contributed by atoms with van der Waals surface area (Å²) in [4.78, 5) is 69.9. The van der Waals surface area contributed by atoms with Crippen LogP contribution in [0.1, 0.15) is 31.4 Å². The monoisotopic (exact) mass is 603 g/mol.